The van der Waals surface area contributed by atoms with E-state index in [4.69, 9.17) is 25.8 Å². The number of benzene rings is 3. The first-order chi connectivity index (χ1) is 18.0. The van der Waals surface area contributed by atoms with Crippen molar-refractivity contribution in [2.45, 2.75) is 39.8 Å². The molecule has 1 atom stereocenters. The number of carbonyl (C=O) groups is 2. The summed E-state index contributed by atoms with van der Waals surface area (Å²) in [5.74, 6) is -0.834. The zero-order valence-electron chi connectivity index (χ0n) is 22.2. The van der Waals surface area contributed by atoms with Crippen molar-refractivity contribution in [1.82, 2.24) is 0 Å². The van der Waals surface area contributed by atoms with Gasteiger partial charge in [0, 0.05) is 11.8 Å². The summed E-state index contributed by atoms with van der Waals surface area (Å²) in [4.78, 5) is 28.6. The van der Waals surface area contributed by atoms with E-state index in [2.05, 4.69) is 0 Å². The second-order valence-electron chi connectivity index (χ2n) is 9.44. The van der Waals surface area contributed by atoms with E-state index in [0.717, 1.165) is 11.1 Å². The van der Waals surface area contributed by atoms with Crippen molar-refractivity contribution in [3.8, 4) is 17.2 Å². The maximum atomic E-state index is 13.6. The van der Waals surface area contributed by atoms with Crippen LogP contribution in [-0.4, -0.2) is 37.1 Å². The molecular formula is C30H30ClNO6. The summed E-state index contributed by atoms with van der Waals surface area (Å²) in [7, 11) is 2.89. The average Bonchev–Trinajstić information content (AvgIpc) is 3.13. The summed E-state index contributed by atoms with van der Waals surface area (Å²) in [6.45, 7) is 7.66. The predicted molar refractivity (Wildman–Crippen MR) is 147 cm³/mol. The van der Waals surface area contributed by atoms with E-state index in [1.807, 2.05) is 45.9 Å². The number of ether oxygens (including phenoxy) is 3. The summed E-state index contributed by atoms with van der Waals surface area (Å²) in [5.41, 5.74) is 3.08. The van der Waals surface area contributed by atoms with Crippen molar-refractivity contribution in [2.24, 2.45) is 0 Å². The average molecular weight is 536 g/mol. The minimum Gasteiger partial charge on any atom is -0.507 e. The van der Waals surface area contributed by atoms with Crippen LogP contribution in [0, 0.1) is 13.8 Å². The molecule has 1 aliphatic rings. The van der Waals surface area contributed by atoms with Crippen LogP contribution >= 0.6 is 11.6 Å². The molecule has 1 unspecified atom stereocenters. The topological polar surface area (TPSA) is 85.3 Å². The summed E-state index contributed by atoms with van der Waals surface area (Å²) in [6.07, 6.45) is -0.0817. The lowest BCUT2D eigenvalue weighted by Gasteiger charge is -2.26. The highest BCUT2D eigenvalue weighted by molar-refractivity contribution is 6.51. The zero-order chi connectivity index (χ0) is 27.7. The number of hydrogen-bond acceptors (Lipinski definition) is 6. The third kappa shape index (κ3) is 5.07. The van der Waals surface area contributed by atoms with Gasteiger partial charge in [0.05, 0.1) is 42.5 Å². The van der Waals surface area contributed by atoms with Crippen LogP contribution in [0.5, 0.6) is 17.2 Å². The number of carbonyl (C=O) groups excluding carboxylic acids is 2. The first-order valence-electron chi connectivity index (χ1n) is 12.1. The molecule has 1 fully saturated rings. The van der Waals surface area contributed by atoms with Gasteiger partial charge in [0.25, 0.3) is 11.7 Å². The Morgan fingerprint density at radius 1 is 0.947 bits per heavy atom. The number of methoxy groups -OCH3 is 2. The SMILES string of the molecule is COc1cc(OC)c(/C(O)=C2\C(=O)C(=O)N(c3cc(C)cc(C)c3)C2c2cccc(OC(C)C)c2)cc1Cl. The van der Waals surface area contributed by atoms with Crippen molar-refractivity contribution in [2.75, 3.05) is 19.1 Å². The van der Waals surface area contributed by atoms with Crippen molar-refractivity contribution < 1.29 is 28.9 Å². The number of amides is 1. The number of halogens is 1. The Kier molecular flexibility index (Phi) is 7.69. The number of ketones is 1. The van der Waals surface area contributed by atoms with Gasteiger partial charge in [-0.1, -0.05) is 29.8 Å². The van der Waals surface area contributed by atoms with Crippen molar-refractivity contribution >= 4 is 34.7 Å². The first kappa shape index (κ1) is 27.1. The number of aryl methyl sites for hydroxylation is 2. The summed E-state index contributed by atoms with van der Waals surface area (Å²) in [6, 6.07) is 14.9. The fourth-order valence-corrected chi connectivity index (χ4v) is 4.97. The highest BCUT2D eigenvalue weighted by Crippen LogP contribution is 2.45. The van der Waals surface area contributed by atoms with Gasteiger partial charge in [0.2, 0.25) is 0 Å². The molecule has 0 aliphatic carbocycles. The van der Waals surface area contributed by atoms with Crippen LogP contribution in [0.3, 0.4) is 0 Å². The van der Waals surface area contributed by atoms with Crippen LogP contribution in [0.2, 0.25) is 5.02 Å². The van der Waals surface area contributed by atoms with Gasteiger partial charge in [-0.25, -0.2) is 0 Å². The Labute approximate surface area is 227 Å². The molecule has 0 spiro atoms. The van der Waals surface area contributed by atoms with Gasteiger partial charge in [-0.05, 0) is 74.7 Å². The minimum absolute atomic E-state index is 0.0817. The molecule has 0 aromatic heterocycles. The quantitative estimate of drug-likeness (QED) is 0.214. The summed E-state index contributed by atoms with van der Waals surface area (Å²) < 4.78 is 16.6. The summed E-state index contributed by atoms with van der Waals surface area (Å²) >= 11 is 6.36. The Morgan fingerprint density at radius 2 is 1.61 bits per heavy atom. The lowest BCUT2D eigenvalue weighted by atomic mass is 9.94. The number of Topliss-reactive ketones (excluding diaryl/α,β-unsaturated/α-hetero) is 1. The Bertz CT molecular complexity index is 1420. The van der Waals surface area contributed by atoms with Crippen LogP contribution < -0.4 is 19.1 Å². The minimum atomic E-state index is -0.933. The van der Waals surface area contributed by atoms with Gasteiger partial charge in [0.15, 0.2) is 0 Å². The van der Waals surface area contributed by atoms with E-state index >= 15 is 0 Å². The van der Waals surface area contributed by atoms with Gasteiger partial charge in [0.1, 0.15) is 23.0 Å². The van der Waals surface area contributed by atoms with Crippen molar-refractivity contribution in [3.63, 3.8) is 0 Å². The van der Waals surface area contributed by atoms with Gasteiger partial charge < -0.3 is 19.3 Å². The lowest BCUT2D eigenvalue weighted by Crippen LogP contribution is -2.29. The normalized spacial score (nSPS) is 16.7. The Hall–Kier alpha value is -3.97. The van der Waals surface area contributed by atoms with Gasteiger partial charge in [-0.3, -0.25) is 14.5 Å². The number of anilines is 1. The number of nitrogens with zero attached hydrogens (tertiary/aromatic N) is 1. The molecule has 1 N–H and O–H groups in total. The first-order valence-corrected chi connectivity index (χ1v) is 12.5. The molecule has 38 heavy (non-hydrogen) atoms. The fraction of sp³-hybridized carbons (Fsp3) is 0.267. The monoisotopic (exact) mass is 535 g/mol. The molecule has 1 saturated heterocycles. The van der Waals surface area contributed by atoms with Crippen LogP contribution in [0.4, 0.5) is 5.69 Å². The molecule has 1 heterocycles. The molecular weight excluding hydrogens is 506 g/mol. The van der Waals surface area contributed by atoms with E-state index in [-0.39, 0.29) is 28.0 Å². The Morgan fingerprint density at radius 3 is 2.21 bits per heavy atom. The Balaban J connectivity index is 2.00. The predicted octanol–water partition coefficient (Wildman–Crippen LogP) is 6.39. The van der Waals surface area contributed by atoms with E-state index in [0.29, 0.717) is 22.7 Å². The molecule has 0 radical (unpaired) electrons. The number of aliphatic hydroxyl groups is 1. The molecule has 198 valence electrons. The lowest BCUT2D eigenvalue weighted by molar-refractivity contribution is -0.132. The van der Waals surface area contributed by atoms with E-state index < -0.39 is 23.5 Å². The van der Waals surface area contributed by atoms with Gasteiger partial charge in [-0.15, -0.1) is 0 Å². The molecule has 0 saturated carbocycles. The maximum Gasteiger partial charge on any atom is 0.300 e. The standard InChI is InChI=1S/C30H30ClNO6/c1-16(2)38-21-9-7-8-19(13-21)27-26(28(33)22-14-23(31)25(37-6)15-24(22)36-5)29(34)30(35)32(27)20-11-17(3)10-18(4)12-20/h7-16,27,33H,1-6H3/b28-26+. The second kappa shape index (κ2) is 10.8. The fourth-order valence-electron chi connectivity index (χ4n) is 4.72. The van der Waals surface area contributed by atoms with Crippen LogP contribution in [0.1, 0.15) is 42.1 Å². The molecule has 7 nitrogen and oxygen atoms in total. The number of hydrogen-bond donors (Lipinski definition) is 1. The molecule has 3 aromatic carbocycles. The molecule has 8 heteroatoms. The van der Waals surface area contributed by atoms with Crippen LogP contribution in [0.15, 0.2) is 60.2 Å². The molecule has 3 aromatic rings. The largest absolute Gasteiger partial charge is 0.507 e. The van der Waals surface area contributed by atoms with Crippen LogP contribution in [-0.2, 0) is 9.59 Å². The third-order valence-electron chi connectivity index (χ3n) is 6.20. The van der Waals surface area contributed by atoms with E-state index in [1.54, 1.807) is 24.3 Å². The highest BCUT2D eigenvalue weighted by atomic mass is 35.5. The van der Waals surface area contributed by atoms with E-state index in [9.17, 15) is 14.7 Å². The molecule has 0 bridgehead atoms. The maximum absolute atomic E-state index is 13.6. The van der Waals surface area contributed by atoms with Crippen LogP contribution in [0.25, 0.3) is 5.76 Å². The second-order valence-corrected chi connectivity index (χ2v) is 9.85. The number of aliphatic hydroxyl groups excluding tert-OH is 1. The molecule has 4 rings (SSSR count). The van der Waals surface area contributed by atoms with Crippen molar-refractivity contribution in [3.05, 3.63) is 87.4 Å². The van der Waals surface area contributed by atoms with E-state index in [1.165, 1.54) is 31.3 Å². The number of rotatable bonds is 7. The van der Waals surface area contributed by atoms with Crippen molar-refractivity contribution in [1.29, 1.82) is 0 Å². The highest BCUT2D eigenvalue weighted by Gasteiger charge is 2.47. The third-order valence-corrected chi connectivity index (χ3v) is 6.50. The summed E-state index contributed by atoms with van der Waals surface area (Å²) in [5, 5.41) is 11.8. The smallest absolute Gasteiger partial charge is 0.300 e. The van der Waals surface area contributed by atoms with Gasteiger partial charge in [-0.2, -0.15) is 0 Å². The molecule has 1 amide bonds. The zero-order valence-corrected chi connectivity index (χ0v) is 22.9. The van der Waals surface area contributed by atoms with Gasteiger partial charge >= 0.3 is 0 Å². The molecule has 1 aliphatic heterocycles.